The average molecular weight is 1310 g/mol. The zero-order chi connectivity index (χ0) is 66.9. The van der Waals surface area contributed by atoms with E-state index >= 15 is 0 Å². The van der Waals surface area contributed by atoms with Crippen LogP contribution in [0.1, 0.15) is 120 Å². The highest BCUT2D eigenvalue weighted by Gasteiger charge is 2.39. The molecular formula is C67H74N2O21S2. The Morgan fingerprint density at radius 2 is 0.826 bits per heavy atom. The molecule has 3 aromatic carbocycles. The second-order valence-corrected chi connectivity index (χ2v) is 24.4. The summed E-state index contributed by atoms with van der Waals surface area (Å²) in [6.07, 6.45) is 3.02. The van der Waals surface area contributed by atoms with Crippen LogP contribution in [0.2, 0.25) is 0 Å². The zero-order valence-electron chi connectivity index (χ0n) is 51.9. The predicted octanol–water partition coefficient (Wildman–Crippen LogP) is 9.85. The summed E-state index contributed by atoms with van der Waals surface area (Å²) < 4.78 is 60.2. The Bertz CT molecular complexity index is 3310. The second kappa shape index (κ2) is 36.3. The molecule has 0 spiro atoms. The maximum atomic E-state index is 13.9. The minimum Gasteiger partial charge on any atom is -0.465 e. The molecule has 1 heterocycles. The Morgan fingerprint density at radius 3 is 1.18 bits per heavy atom. The molecular weight excluding hydrogens is 1230 g/mol. The summed E-state index contributed by atoms with van der Waals surface area (Å²) in [5, 5.41) is 19.6. The smallest absolute Gasteiger partial charge is 0.330 e. The first kappa shape index (κ1) is 72.3. The normalized spacial score (nSPS) is 17.4. The van der Waals surface area contributed by atoms with Gasteiger partial charge in [0.25, 0.3) is 0 Å². The number of hydrogen-bond acceptors (Lipinski definition) is 25. The molecule has 0 bridgehead atoms. The lowest BCUT2D eigenvalue weighted by molar-refractivity contribution is -0.157. The Kier molecular flexibility index (Phi) is 28.5. The van der Waals surface area contributed by atoms with Gasteiger partial charge in [-0.1, -0.05) is 60.9 Å². The monoisotopic (exact) mass is 1310 g/mol. The zero-order valence-corrected chi connectivity index (χ0v) is 53.6. The van der Waals surface area contributed by atoms with E-state index in [1.807, 2.05) is 12.1 Å². The Labute approximate surface area is 541 Å². The highest BCUT2D eigenvalue weighted by molar-refractivity contribution is 8.24. The van der Waals surface area contributed by atoms with Crippen LogP contribution in [0.15, 0.2) is 93.4 Å². The highest BCUT2D eigenvalue weighted by atomic mass is 32.2. The van der Waals surface area contributed by atoms with E-state index in [0.29, 0.717) is 101 Å². The number of fused-ring (bicyclic) bond motifs is 1. The van der Waals surface area contributed by atoms with Gasteiger partial charge in [-0.2, -0.15) is 10.5 Å². The quantitative estimate of drug-likeness (QED) is 0.0190. The largest absolute Gasteiger partial charge is 0.465 e. The molecule has 0 amide bonds. The summed E-state index contributed by atoms with van der Waals surface area (Å²) in [4.78, 5) is 127. The van der Waals surface area contributed by atoms with Crippen LogP contribution in [0.4, 0.5) is 0 Å². The molecule has 23 nitrogen and oxygen atoms in total. The number of hydrogen-bond donors (Lipinski definition) is 0. The molecule has 3 aliphatic rings. The molecule has 0 N–H and O–H groups in total. The summed E-state index contributed by atoms with van der Waals surface area (Å²) in [5.41, 5.74) is 2.45. The summed E-state index contributed by atoms with van der Waals surface area (Å²) in [7, 11) is 0. The van der Waals surface area contributed by atoms with Gasteiger partial charge in [0.2, 0.25) is 0 Å². The van der Waals surface area contributed by atoms with E-state index in [1.165, 1.54) is 0 Å². The van der Waals surface area contributed by atoms with Crippen molar-refractivity contribution in [3.63, 3.8) is 0 Å². The lowest BCUT2D eigenvalue weighted by Gasteiger charge is -2.27. The molecule has 3 atom stereocenters. The summed E-state index contributed by atoms with van der Waals surface area (Å²) in [5.74, 6) is -6.61. The number of benzene rings is 3. The third-order valence-electron chi connectivity index (χ3n) is 15.1. The van der Waals surface area contributed by atoms with Crippen molar-refractivity contribution in [2.75, 3.05) is 33.0 Å². The van der Waals surface area contributed by atoms with Crippen LogP contribution in [0, 0.1) is 60.2 Å². The molecule has 2 saturated carbocycles. The van der Waals surface area contributed by atoms with Gasteiger partial charge in [-0.05, 0) is 133 Å². The third-order valence-corrected chi connectivity index (χ3v) is 17.7. The van der Waals surface area contributed by atoms with E-state index in [9.17, 15) is 58.5 Å². The van der Waals surface area contributed by atoms with Crippen molar-refractivity contribution < 1.29 is 100 Å². The Morgan fingerprint density at radius 1 is 0.489 bits per heavy atom. The molecule has 0 radical (unpaired) electrons. The van der Waals surface area contributed by atoms with Crippen molar-refractivity contribution in [2.45, 2.75) is 153 Å². The maximum absolute atomic E-state index is 13.9. The number of rotatable bonds is 31. The molecule has 0 saturated heterocycles. The van der Waals surface area contributed by atoms with E-state index < -0.39 is 102 Å². The van der Waals surface area contributed by atoms with Gasteiger partial charge in [0.05, 0.1) is 89.3 Å². The summed E-state index contributed by atoms with van der Waals surface area (Å²) in [6, 6.07) is 17.3. The molecule has 490 valence electrons. The number of nitrogens with zero attached hydrogens (tertiary/aromatic N) is 2. The SMILES string of the molecule is C=CC(=O)OCC(C)OCC(C)OC(=O)CCC(=O)OCCc1ccc(OC(=O)[C@H]2CC[C@H](C(=O)Oc3c(C)c(C)c(OC(=O)[C@H]4CC[C@H](C(=O)Oc5ccc(CCOC(=O)CCC(=O)OC(C)COC(=O)C=C)cc5)CC4)c4c3SC(=C(C#N)C#N)S4)CC2)cc1. The van der Waals surface area contributed by atoms with Crippen molar-refractivity contribution in [1.29, 1.82) is 10.5 Å². The topological polar surface area (TPSA) is 320 Å². The first-order valence-electron chi connectivity index (χ1n) is 30.1. The van der Waals surface area contributed by atoms with Crippen molar-refractivity contribution in [1.82, 2.24) is 0 Å². The van der Waals surface area contributed by atoms with Crippen LogP contribution in [0.25, 0.3) is 0 Å². The van der Waals surface area contributed by atoms with E-state index in [4.69, 9.17) is 52.1 Å². The van der Waals surface area contributed by atoms with Gasteiger partial charge in [0.1, 0.15) is 66.1 Å². The van der Waals surface area contributed by atoms with Crippen LogP contribution in [-0.2, 0) is 93.9 Å². The number of allylic oxidation sites excluding steroid dienone is 1. The van der Waals surface area contributed by atoms with Gasteiger partial charge in [-0.3, -0.25) is 38.4 Å². The number of carbonyl (C=O) groups is 10. The molecule has 0 aromatic heterocycles. The molecule has 3 unspecified atom stereocenters. The summed E-state index contributed by atoms with van der Waals surface area (Å²) in [6.45, 7) is 15.0. The first-order valence-corrected chi connectivity index (χ1v) is 31.7. The lowest BCUT2D eigenvalue weighted by atomic mass is 9.82. The number of esters is 10. The molecule has 2 fully saturated rings. The van der Waals surface area contributed by atoms with E-state index in [2.05, 4.69) is 13.2 Å². The van der Waals surface area contributed by atoms with E-state index in [-0.39, 0.29) is 75.8 Å². The average Bonchev–Trinajstić information content (AvgIpc) is 1.55. The predicted molar refractivity (Wildman–Crippen MR) is 329 cm³/mol. The fraction of sp³-hybridized carbons (Fsp3) is 0.463. The van der Waals surface area contributed by atoms with Crippen LogP contribution in [-0.4, -0.2) is 111 Å². The number of thioether (sulfide) groups is 2. The van der Waals surface area contributed by atoms with Crippen LogP contribution in [0.5, 0.6) is 23.0 Å². The van der Waals surface area contributed by atoms with E-state index in [0.717, 1.165) is 46.8 Å². The van der Waals surface area contributed by atoms with Gasteiger partial charge in [0, 0.05) is 25.0 Å². The fourth-order valence-corrected chi connectivity index (χ4v) is 12.3. The first-order chi connectivity index (χ1) is 44.1. The van der Waals surface area contributed by atoms with Gasteiger partial charge in [0.15, 0.2) is 0 Å². The number of nitriles is 2. The van der Waals surface area contributed by atoms with Crippen molar-refractivity contribution in [2.24, 2.45) is 23.7 Å². The van der Waals surface area contributed by atoms with Crippen molar-refractivity contribution in [3.05, 3.63) is 106 Å². The van der Waals surface area contributed by atoms with Crippen molar-refractivity contribution in [3.8, 4) is 35.1 Å². The van der Waals surface area contributed by atoms with E-state index in [1.54, 1.807) is 83.1 Å². The number of carbonyl (C=O) groups excluding carboxylic acids is 10. The Hall–Kier alpha value is -8.78. The highest BCUT2D eigenvalue weighted by Crippen LogP contribution is 2.61. The molecule has 3 aromatic rings. The third kappa shape index (κ3) is 22.6. The van der Waals surface area contributed by atoms with Crippen LogP contribution < -0.4 is 18.9 Å². The van der Waals surface area contributed by atoms with Gasteiger partial charge >= 0.3 is 59.7 Å². The minimum atomic E-state index is -0.701. The van der Waals surface area contributed by atoms with Crippen LogP contribution in [0.3, 0.4) is 0 Å². The van der Waals surface area contributed by atoms with Gasteiger partial charge < -0.3 is 52.1 Å². The molecule has 6 rings (SSSR count). The number of ether oxygens (including phenoxy) is 11. The Balaban J connectivity index is 0.916. The lowest BCUT2D eigenvalue weighted by Crippen LogP contribution is -2.31. The maximum Gasteiger partial charge on any atom is 0.330 e. The minimum absolute atomic E-state index is 0.0133. The fourth-order valence-electron chi connectivity index (χ4n) is 9.71. The standard InChI is InChI=1S/C67H74N2O21S2/c1-8-53(70)83-36-39(3)82-37-40(4)85-57(74)28-26-55(72)80-32-30-44-10-22-51(23-11-44)87-63(76)46-14-18-48(19-15-46)65(78)89-59-42(6)43(7)60(62-61(59)91-67(92-62)50(34-68)35-69)90-66(79)49-20-16-47(17-21-49)64(77)88-52-24-12-45(13-25-52)31-33-81-56(73)27-29-58(75)86-41(5)38-84-54(71)9-2/h8-13,22-25,39-41,46-49H,1-2,14-21,26-33,36-38H2,3-7H3/t39?,40?,41?,46-,47-,48-,49-. The molecule has 2 aliphatic carbocycles. The van der Waals surface area contributed by atoms with Crippen LogP contribution >= 0.6 is 23.5 Å². The summed E-state index contributed by atoms with van der Waals surface area (Å²) >= 11 is 2.14. The van der Waals surface area contributed by atoms with Crippen molar-refractivity contribution >= 4 is 83.2 Å². The van der Waals surface area contributed by atoms with Gasteiger partial charge in [-0.15, -0.1) is 0 Å². The molecule has 25 heteroatoms. The second-order valence-electron chi connectivity index (χ2n) is 22.1. The molecule has 1 aliphatic heterocycles. The molecule has 92 heavy (non-hydrogen) atoms. The van der Waals surface area contributed by atoms with Gasteiger partial charge in [-0.25, -0.2) is 9.59 Å².